The van der Waals surface area contributed by atoms with Crippen LogP contribution in [-0.2, 0) is 22.6 Å². The van der Waals surface area contributed by atoms with Gasteiger partial charge in [0.2, 0.25) is 0 Å². The maximum atomic E-state index is 12.2. The number of carbonyl (C=O) groups is 1. The first-order valence-electron chi connectivity index (χ1n) is 11.5. The molecule has 0 amide bonds. The summed E-state index contributed by atoms with van der Waals surface area (Å²) in [6.07, 6.45) is 3.38. The predicted molar refractivity (Wildman–Crippen MR) is 129 cm³/mol. The monoisotopic (exact) mass is 451 g/mol. The Morgan fingerprint density at radius 2 is 1.73 bits per heavy atom. The number of hydrogen-bond acceptors (Lipinski definition) is 6. The maximum Gasteiger partial charge on any atom is 0.310 e. The summed E-state index contributed by atoms with van der Waals surface area (Å²) in [7, 11) is 0. The van der Waals surface area contributed by atoms with Crippen LogP contribution in [0.15, 0.2) is 60.7 Å². The highest BCUT2D eigenvalue weighted by atomic mass is 16.5. The number of aliphatic hydroxyl groups is 2. The van der Waals surface area contributed by atoms with Crippen LogP contribution < -0.4 is 5.32 Å². The van der Waals surface area contributed by atoms with Crippen molar-refractivity contribution in [2.75, 3.05) is 19.7 Å². The Bertz CT molecular complexity index is 1030. The molecule has 0 aromatic heterocycles. The van der Waals surface area contributed by atoms with Crippen molar-refractivity contribution in [3.63, 3.8) is 0 Å². The van der Waals surface area contributed by atoms with Crippen molar-refractivity contribution in [3.8, 4) is 5.75 Å². The summed E-state index contributed by atoms with van der Waals surface area (Å²) in [6, 6.07) is 18.8. The number of esters is 1. The van der Waals surface area contributed by atoms with Crippen LogP contribution in [0.1, 0.15) is 48.5 Å². The molecule has 6 nitrogen and oxygen atoms in total. The van der Waals surface area contributed by atoms with E-state index in [-0.39, 0.29) is 24.7 Å². The molecule has 0 fully saturated rings. The summed E-state index contributed by atoms with van der Waals surface area (Å²) >= 11 is 0. The lowest BCUT2D eigenvalue weighted by Gasteiger charge is -2.14. The lowest BCUT2D eigenvalue weighted by molar-refractivity contribution is -0.142. The average molecular weight is 452 g/mol. The quantitative estimate of drug-likeness (QED) is 0.232. The van der Waals surface area contributed by atoms with Gasteiger partial charge in [-0.25, -0.2) is 0 Å². The summed E-state index contributed by atoms with van der Waals surface area (Å²) in [5.74, 6) is -0.166. The number of carbonyl (C=O) groups excluding carboxylic acids is 1. The van der Waals surface area contributed by atoms with Crippen molar-refractivity contribution in [2.45, 2.75) is 44.8 Å². The topological polar surface area (TPSA) is 99.0 Å². The van der Waals surface area contributed by atoms with Gasteiger partial charge in [-0.1, -0.05) is 61.4 Å². The fourth-order valence-electron chi connectivity index (χ4n) is 3.84. The van der Waals surface area contributed by atoms with Gasteiger partial charge in [-0.2, -0.15) is 0 Å². The Labute approximate surface area is 194 Å². The number of aromatic hydroxyl groups is 1. The molecule has 0 aliphatic rings. The Balaban J connectivity index is 1.24. The molecule has 3 aromatic rings. The van der Waals surface area contributed by atoms with Crippen molar-refractivity contribution >= 4 is 16.7 Å². The SMILES string of the molecule is O=C(Cc1cccc2ccccc12)OCCCCCCNCC(O)c1ccc(O)c(CO)c1. The molecule has 4 N–H and O–H groups in total. The van der Waals surface area contributed by atoms with E-state index in [0.717, 1.165) is 48.6 Å². The second-order valence-corrected chi connectivity index (χ2v) is 8.22. The van der Waals surface area contributed by atoms with E-state index in [4.69, 9.17) is 4.74 Å². The van der Waals surface area contributed by atoms with Crippen molar-refractivity contribution in [1.29, 1.82) is 0 Å². The zero-order valence-corrected chi connectivity index (χ0v) is 18.9. The van der Waals surface area contributed by atoms with Gasteiger partial charge in [0.25, 0.3) is 0 Å². The minimum Gasteiger partial charge on any atom is -0.508 e. The first kappa shape index (κ1) is 24.7. The smallest absolute Gasteiger partial charge is 0.310 e. The fraction of sp³-hybridized carbons (Fsp3) is 0.370. The molecule has 0 aliphatic heterocycles. The van der Waals surface area contributed by atoms with E-state index < -0.39 is 6.10 Å². The van der Waals surface area contributed by atoms with Crippen molar-refractivity contribution in [1.82, 2.24) is 5.32 Å². The molecule has 3 rings (SSSR count). The molecule has 0 spiro atoms. The summed E-state index contributed by atoms with van der Waals surface area (Å²) in [4.78, 5) is 12.2. The largest absolute Gasteiger partial charge is 0.508 e. The van der Waals surface area contributed by atoms with Crippen molar-refractivity contribution in [2.24, 2.45) is 0 Å². The number of aliphatic hydroxyl groups excluding tert-OH is 2. The molecule has 6 heteroatoms. The zero-order valence-electron chi connectivity index (χ0n) is 18.9. The van der Waals surface area contributed by atoms with Crippen LogP contribution in [0.4, 0.5) is 0 Å². The Morgan fingerprint density at radius 3 is 2.58 bits per heavy atom. The van der Waals surface area contributed by atoms with Crippen LogP contribution in [0.5, 0.6) is 5.75 Å². The standard InChI is InChI=1S/C27H33NO5/c29-19-23-16-22(12-13-25(23)30)26(31)18-28-14-5-1-2-6-15-33-27(32)17-21-10-7-9-20-8-3-4-11-24(20)21/h3-4,7-13,16,26,28-31H,1-2,5-6,14-15,17-19H2. The van der Waals surface area contributed by atoms with Gasteiger partial charge in [0.1, 0.15) is 5.75 Å². The van der Waals surface area contributed by atoms with Crippen molar-refractivity contribution in [3.05, 3.63) is 77.4 Å². The molecule has 176 valence electrons. The summed E-state index contributed by atoms with van der Waals surface area (Å²) in [5.41, 5.74) is 2.06. The van der Waals surface area contributed by atoms with Crippen LogP contribution in [0.3, 0.4) is 0 Å². The van der Waals surface area contributed by atoms with Crippen LogP contribution in [0.25, 0.3) is 10.8 Å². The number of ether oxygens (including phenoxy) is 1. The van der Waals surface area contributed by atoms with Crippen molar-refractivity contribution < 1.29 is 24.9 Å². The zero-order chi connectivity index (χ0) is 23.5. The fourth-order valence-corrected chi connectivity index (χ4v) is 3.84. The molecule has 33 heavy (non-hydrogen) atoms. The molecule has 1 atom stereocenters. The van der Waals surface area contributed by atoms with E-state index in [0.29, 0.717) is 24.3 Å². The molecule has 0 saturated carbocycles. The number of unbranched alkanes of at least 4 members (excludes halogenated alkanes) is 3. The van der Waals surface area contributed by atoms with Gasteiger partial charge in [0, 0.05) is 12.1 Å². The molecule has 3 aromatic carbocycles. The molecule has 0 bridgehead atoms. The first-order valence-corrected chi connectivity index (χ1v) is 11.5. The summed E-state index contributed by atoms with van der Waals surface area (Å²) in [5, 5.41) is 34.5. The number of nitrogens with one attached hydrogen (secondary N) is 1. The van der Waals surface area contributed by atoms with E-state index in [2.05, 4.69) is 5.32 Å². The average Bonchev–Trinajstić information content (AvgIpc) is 2.83. The molecular weight excluding hydrogens is 418 g/mol. The second kappa shape index (κ2) is 12.9. The van der Waals surface area contributed by atoms with E-state index in [1.807, 2.05) is 42.5 Å². The summed E-state index contributed by atoms with van der Waals surface area (Å²) < 4.78 is 5.41. The number of fused-ring (bicyclic) bond motifs is 1. The highest BCUT2D eigenvalue weighted by molar-refractivity contribution is 5.88. The first-order chi connectivity index (χ1) is 16.1. The molecule has 0 saturated heterocycles. The van der Waals surface area contributed by atoms with Gasteiger partial charge >= 0.3 is 5.97 Å². The van der Waals surface area contributed by atoms with E-state index in [9.17, 15) is 20.1 Å². The number of phenols is 1. The summed E-state index contributed by atoms with van der Waals surface area (Å²) in [6.45, 7) is 1.35. The molecule has 0 aliphatic carbocycles. The van der Waals surface area contributed by atoms with Crippen LogP contribution in [0, 0.1) is 0 Å². The molecule has 1 unspecified atom stereocenters. The predicted octanol–water partition coefficient (Wildman–Crippen LogP) is 4.01. The maximum absolute atomic E-state index is 12.2. The van der Waals surface area contributed by atoms with E-state index >= 15 is 0 Å². The number of hydrogen-bond donors (Lipinski definition) is 4. The molecule has 0 heterocycles. The van der Waals surface area contributed by atoms with E-state index in [1.165, 1.54) is 6.07 Å². The van der Waals surface area contributed by atoms with Crippen LogP contribution in [-0.4, -0.2) is 41.0 Å². The second-order valence-electron chi connectivity index (χ2n) is 8.22. The van der Waals surface area contributed by atoms with Gasteiger partial charge in [0.15, 0.2) is 0 Å². The van der Waals surface area contributed by atoms with Gasteiger partial charge in [-0.3, -0.25) is 4.79 Å². The van der Waals surface area contributed by atoms with Gasteiger partial charge in [-0.05, 0) is 53.4 Å². The Kier molecular flexibility index (Phi) is 9.69. The lowest BCUT2D eigenvalue weighted by atomic mass is 10.0. The van der Waals surface area contributed by atoms with Gasteiger partial charge in [-0.15, -0.1) is 0 Å². The molecular formula is C27H33NO5. The Hall–Kier alpha value is -2.93. The number of rotatable bonds is 13. The third-order valence-electron chi connectivity index (χ3n) is 5.72. The Morgan fingerprint density at radius 1 is 0.939 bits per heavy atom. The molecule has 0 radical (unpaired) electrons. The minimum atomic E-state index is -0.697. The normalized spacial score (nSPS) is 12.1. The minimum absolute atomic E-state index is 0.0284. The third kappa shape index (κ3) is 7.56. The number of benzene rings is 3. The van der Waals surface area contributed by atoms with Crippen LogP contribution >= 0.6 is 0 Å². The van der Waals surface area contributed by atoms with Crippen LogP contribution in [0.2, 0.25) is 0 Å². The third-order valence-corrected chi connectivity index (χ3v) is 5.72. The highest BCUT2D eigenvalue weighted by Crippen LogP contribution is 2.22. The van der Waals surface area contributed by atoms with Gasteiger partial charge < -0.3 is 25.4 Å². The highest BCUT2D eigenvalue weighted by Gasteiger charge is 2.10. The lowest BCUT2D eigenvalue weighted by Crippen LogP contribution is -2.22. The van der Waals surface area contributed by atoms with Gasteiger partial charge in [0.05, 0.1) is 25.7 Å². The van der Waals surface area contributed by atoms with E-state index in [1.54, 1.807) is 12.1 Å².